The van der Waals surface area contributed by atoms with E-state index in [1.165, 1.54) is 0 Å². The Kier molecular flexibility index (Phi) is 2.44. The smallest absolute Gasteiger partial charge is 0.253 e. The third kappa shape index (κ3) is 1.43. The maximum atomic E-state index is 13.6. The number of hydrogen-bond acceptors (Lipinski definition) is 3. The minimum Gasteiger partial charge on any atom is -0.618 e. The first-order valence-electron chi connectivity index (χ1n) is 9.65. The molecule has 1 aliphatic carbocycles. The Balaban J connectivity index is 1.67. The summed E-state index contributed by atoms with van der Waals surface area (Å²) in [5.74, 6) is -0.163. The quantitative estimate of drug-likeness (QED) is 0.565. The van der Waals surface area contributed by atoms with Crippen LogP contribution in [0.15, 0.2) is 30.3 Å². The zero-order valence-corrected chi connectivity index (χ0v) is 15.4. The molecule has 1 aromatic carbocycles. The highest BCUT2D eigenvalue weighted by Gasteiger charge is 2.73. The molecule has 7 rings (SSSR count). The summed E-state index contributed by atoms with van der Waals surface area (Å²) in [6.45, 7) is 4.74. The number of fused-ring (bicyclic) bond motifs is 4. The van der Waals surface area contributed by atoms with Gasteiger partial charge in [-0.05, 0) is 45.3 Å². The van der Waals surface area contributed by atoms with Gasteiger partial charge in [0.05, 0.1) is 16.6 Å². The number of carbonyl (C=O) groups is 2. The zero-order chi connectivity index (χ0) is 18.8. The number of nitrogens with zero attached hydrogens (tertiary/aromatic N) is 2. The number of piperazine rings is 1. The van der Waals surface area contributed by atoms with Gasteiger partial charge in [0.15, 0.2) is 0 Å². The Morgan fingerprint density at radius 2 is 2.04 bits per heavy atom. The predicted octanol–water partition coefficient (Wildman–Crippen LogP) is 1.96. The average molecular weight is 363 g/mol. The molecule has 6 aliphatic rings. The zero-order valence-electron chi connectivity index (χ0n) is 15.4. The van der Waals surface area contributed by atoms with Gasteiger partial charge < -0.3 is 15.4 Å². The number of para-hydroxylation sites is 1. The van der Waals surface area contributed by atoms with Crippen molar-refractivity contribution in [2.45, 2.75) is 44.2 Å². The molecule has 2 bridgehead atoms. The molecule has 5 heterocycles. The van der Waals surface area contributed by atoms with Crippen LogP contribution < -0.4 is 5.32 Å². The first kappa shape index (κ1) is 15.4. The first-order valence-corrected chi connectivity index (χ1v) is 9.65. The Bertz CT molecular complexity index is 1020. The second kappa shape index (κ2) is 4.26. The number of hydrogen-bond donors (Lipinski definition) is 1. The largest absolute Gasteiger partial charge is 0.618 e. The molecule has 1 unspecified atom stereocenters. The van der Waals surface area contributed by atoms with Crippen LogP contribution in [0.1, 0.15) is 38.7 Å². The lowest BCUT2D eigenvalue weighted by Crippen LogP contribution is -2.83. The summed E-state index contributed by atoms with van der Waals surface area (Å²) in [6, 6.07) is 7.50. The first-order chi connectivity index (χ1) is 12.8. The van der Waals surface area contributed by atoms with E-state index in [1.54, 1.807) is 0 Å². The van der Waals surface area contributed by atoms with E-state index in [4.69, 9.17) is 0 Å². The van der Waals surface area contributed by atoms with E-state index in [-0.39, 0.29) is 17.7 Å². The third-order valence-corrected chi connectivity index (χ3v) is 7.65. The van der Waals surface area contributed by atoms with Gasteiger partial charge in [0.1, 0.15) is 11.1 Å². The van der Waals surface area contributed by atoms with Crippen LogP contribution in [0.4, 0.5) is 5.69 Å². The number of rotatable bonds is 0. The molecule has 138 valence electrons. The molecule has 2 spiro atoms. The molecule has 6 heteroatoms. The van der Waals surface area contributed by atoms with Gasteiger partial charge in [0, 0.05) is 18.5 Å². The highest BCUT2D eigenvalue weighted by Crippen LogP contribution is 2.60. The second-order valence-electron chi connectivity index (χ2n) is 9.11. The van der Waals surface area contributed by atoms with Crippen molar-refractivity contribution in [3.05, 3.63) is 41.1 Å². The number of benzene rings is 1. The van der Waals surface area contributed by atoms with Crippen LogP contribution in [0, 0.1) is 16.5 Å². The van der Waals surface area contributed by atoms with Crippen LogP contribution in [0.5, 0.6) is 0 Å². The molecule has 1 N–H and O–H groups in total. The second-order valence-corrected chi connectivity index (χ2v) is 9.11. The van der Waals surface area contributed by atoms with E-state index in [0.717, 1.165) is 28.0 Å². The van der Waals surface area contributed by atoms with E-state index in [1.807, 2.05) is 35.2 Å². The average Bonchev–Trinajstić information content (AvgIpc) is 3.18. The predicted molar refractivity (Wildman–Crippen MR) is 99.2 cm³/mol. The maximum absolute atomic E-state index is 13.6. The summed E-state index contributed by atoms with van der Waals surface area (Å²) in [5.41, 5.74) is 0.660. The fourth-order valence-corrected chi connectivity index (χ4v) is 6.44. The fraction of sp³-hybridized carbons (Fsp3) is 0.476. The van der Waals surface area contributed by atoms with Crippen molar-refractivity contribution in [3.8, 4) is 0 Å². The summed E-state index contributed by atoms with van der Waals surface area (Å²) >= 11 is 0. The molecule has 0 saturated carbocycles. The number of allylic oxidation sites excluding steroid dienone is 1. The van der Waals surface area contributed by atoms with Crippen molar-refractivity contribution in [3.63, 3.8) is 0 Å². The van der Waals surface area contributed by atoms with E-state index >= 15 is 0 Å². The van der Waals surface area contributed by atoms with Crippen LogP contribution in [0.3, 0.4) is 0 Å². The van der Waals surface area contributed by atoms with Gasteiger partial charge in [-0.1, -0.05) is 12.1 Å². The van der Waals surface area contributed by atoms with Crippen LogP contribution in [-0.2, 0) is 9.59 Å². The Morgan fingerprint density at radius 1 is 1.26 bits per heavy atom. The monoisotopic (exact) mass is 363 g/mol. The molecule has 4 fully saturated rings. The summed E-state index contributed by atoms with van der Waals surface area (Å²) in [7, 11) is 0. The third-order valence-electron chi connectivity index (χ3n) is 7.65. The Hall–Kier alpha value is -2.63. The van der Waals surface area contributed by atoms with Crippen LogP contribution in [0.25, 0.3) is 5.57 Å². The topological polar surface area (TPSA) is 75.5 Å². The summed E-state index contributed by atoms with van der Waals surface area (Å²) in [4.78, 5) is 28.5. The van der Waals surface area contributed by atoms with Crippen molar-refractivity contribution in [2.24, 2.45) is 11.3 Å². The SMILES string of the molecule is CC1(C)C2=[N+]([O-])c3ccccc3C2=C[C@@]23NC(=O)[C@]4(CCCN4C2=O)CC13. The fourth-order valence-electron chi connectivity index (χ4n) is 6.44. The normalized spacial score (nSPS) is 37.5. The standard InChI is InChI=1S/C21H21N3O3/c1-19(2)15-11-20-8-5-9-23(20)18(26)21(15,22-17(20)25)10-13-12-6-3-4-7-14(12)24(27)16(13)19/h3-4,6-7,10,15H,5,8-9,11H2,1-2H3,(H,22,25)/t15?,20-,21-/m0/s1. The van der Waals surface area contributed by atoms with Gasteiger partial charge in [0.25, 0.3) is 5.91 Å². The van der Waals surface area contributed by atoms with Crippen LogP contribution in [-0.4, -0.2) is 44.8 Å². The van der Waals surface area contributed by atoms with Gasteiger partial charge in [-0.3, -0.25) is 9.59 Å². The minimum absolute atomic E-state index is 0.00250. The Labute approximate surface area is 157 Å². The lowest BCUT2D eigenvalue weighted by molar-refractivity contribution is -0.362. The molecule has 5 aliphatic heterocycles. The molecule has 4 saturated heterocycles. The molecule has 1 aromatic rings. The summed E-state index contributed by atoms with van der Waals surface area (Å²) in [6.07, 6.45) is 4.07. The van der Waals surface area contributed by atoms with Crippen molar-refractivity contribution in [1.82, 2.24) is 10.2 Å². The lowest BCUT2D eigenvalue weighted by atomic mass is 9.51. The molecule has 0 aromatic heterocycles. The molecule has 6 nitrogen and oxygen atoms in total. The summed E-state index contributed by atoms with van der Waals surface area (Å²) in [5, 5.41) is 16.3. The van der Waals surface area contributed by atoms with Crippen molar-refractivity contribution in [1.29, 1.82) is 0 Å². The minimum atomic E-state index is -1.05. The van der Waals surface area contributed by atoms with E-state index in [9.17, 15) is 14.8 Å². The van der Waals surface area contributed by atoms with Crippen molar-refractivity contribution < 1.29 is 14.3 Å². The van der Waals surface area contributed by atoms with Gasteiger partial charge in [-0.15, -0.1) is 0 Å². The van der Waals surface area contributed by atoms with Crippen molar-refractivity contribution >= 4 is 28.8 Å². The van der Waals surface area contributed by atoms with Crippen LogP contribution >= 0.6 is 0 Å². The highest BCUT2D eigenvalue weighted by atomic mass is 16.5. The molecule has 0 radical (unpaired) electrons. The molecule has 27 heavy (non-hydrogen) atoms. The molecule has 2 amide bonds. The van der Waals surface area contributed by atoms with E-state index in [0.29, 0.717) is 25.1 Å². The van der Waals surface area contributed by atoms with Gasteiger partial charge >= 0.3 is 0 Å². The van der Waals surface area contributed by atoms with Gasteiger partial charge in [-0.25, -0.2) is 0 Å². The highest BCUT2D eigenvalue weighted by molar-refractivity contribution is 6.30. The number of carbonyl (C=O) groups excluding carboxylic acids is 2. The maximum Gasteiger partial charge on any atom is 0.253 e. The van der Waals surface area contributed by atoms with Gasteiger partial charge in [0.2, 0.25) is 17.3 Å². The number of amides is 2. The van der Waals surface area contributed by atoms with Gasteiger partial charge in [-0.2, -0.15) is 4.74 Å². The lowest BCUT2D eigenvalue weighted by Gasteiger charge is -2.62. The van der Waals surface area contributed by atoms with Crippen molar-refractivity contribution in [2.75, 3.05) is 6.54 Å². The number of nitrogens with one attached hydrogen (secondary N) is 1. The molecular formula is C21H21N3O3. The molecule has 3 atom stereocenters. The molecular weight excluding hydrogens is 342 g/mol. The summed E-state index contributed by atoms with van der Waals surface area (Å²) < 4.78 is 1.03. The Morgan fingerprint density at radius 3 is 2.85 bits per heavy atom. The van der Waals surface area contributed by atoms with Crippen LogP contribution in [0.2, 0.25) is 0 Å². The van der Waals surface area contributed by atoms with E-state index in [2.05, 4.69) is 19.2 Å². The number of piperidine rings is 2. The van der Waals surface area contributed by atoms with E-state index < -0.39 is 16.5 Å².